The summed E-state index contributed by atoms with van der Waals surface area (Å²) in [5.74, 6) is -0.735. The monoisotopic (exact) mass is 595 g/mol. The number of anilines is 1. The smallest absolute Gasteiger partial charge is 0.264 e. The van der Waals surface area contributed by atoms with Crippen LogP contribution in [0.5, 0.6) is 0 Å². The van der Waals surface area contributed by atoms with Crippen LogP contribution in [0.4, 0.5) is 5.69 Å². The molecule has 1 N–H and O–H groups in total. The number of amides is 2. The van der Waals surface area contributed by atoms with E-state index in [4.69, 9.17) is 11.6 Å². The maximum absolute atomic E-state index is 14.1. The molecule has 1 fully saturated rings. The number of nitrogens with one attached hydrogen (secondary N) is 1. The molecule has 9 heteroatoms. The third kappa shape index (κ3) is 7.68. The van der Waals surface area contributed by atoms with Gasteiger partial charge >= 0.3 is 0 Å². The Labute approximate surface area is 248 Å². The van der Waals surface area contributed by atoms with Crippen molar-refractivity contribution in [3.63, 3.8) is 0 Å². The minimum absolute atomic E-state index is 0.0534. The van der Waals surface area contributed by atoms with Crippen LogP contribution in [0.2, 0.25) is 5.02 Å². The normalized spacial score (nSPS) is 14.7. The van der Waals surface area contributed by atoms with E-state index in [1.54, 1.807) is 43.3 Å². The summed E-state index contributed by atoms with van der Waals surface area (Å²) in [5, 5.41) is 3.51. The van der Waals surface area contributed by atoms with E-state index in [1.807, 2.05) is 38.1 Å². The molecule has 0 aromatic heterocycles. The molecule has 0 radical (unpaired) electrons. The zero-order valence-corrected chi connectivity index (χ0v) is 25.4. The lowest BCUT2D eigenvalue weighted by Gasteiger charge is -2.33. The standard InChI is InChI=1S/C32H38ClN3O4S/c1-23-14-17-26(18-15-23)21-35(25(3)32(38)34-27-10-6-4-7-11-27)31(37)22-36(28-19-16-24(2)30(33)20-28)41(39,40)29-12-8-5-9-13-29/h5,8-9,12-20,25,27H,4,6-7,10-11,21-22H2,1-3H3,(H,34,38)/t25-/m0/s1. The van der Waals surface area contributed by atoms with Gasteiger partial charge in [0.15, 0.2) is 0 Å². The molecule has 7 nitrogen and oxygen atoms in total. The Morgan fingerprint density at radius 3 is 2.24 bits per heavy atom. The van der Waals surface area contributed by atoms with Crippen LogP contribution in [-0.2, 0) is 26.2 Å². The Morgan fingerprint density at radius 1 is 0.951 bits per heavy atom. The number of carbonyl (C=O) groups is 2. The number of benzene rings is 3. The van der Waals surface area contributed by atoms with Gasteiger partial charge < -0.3 is 10.2 Å². The summed E-state index contributed by atoms with van der Waals surface area (Å²) in [7, 11) is -4.13. The van der Waals surface area contributed by atoms with Crippen LogP contribution >= 0.6 is 11.6 Å². The van der Waals surface area contributed by atoms with Crippen molar-refractivity contribution in [3.8, 4) is 0 Å². The van der Waals surface area contributed by atoms with E-state index in [-0.39, 0.29) is 29.1 Å². The second kappa shape index (κ2) is 13.5. The molecule has 0 spiro atoms. The van der Waals surface area contributed by atoms with Gasteiger partial charge in [0, 0.05) is 17.6 Å². The van der Waals surface area contributed by atoms with E-state index in [0.717, 1.165) is 53.1 Å². The topological polar surface area (TPSA) is 86.8 Å². The van der Waals surface area contributed by atoms with Gasteiger partial charge in [0.2, 0.25) is 11.8 Å². The average Bonchev–Trinajstić information content (AvgIpc) is 2.97. The zero-order chi connectivity index (χ0) is 29.6. The van der Waals surface area contributed by atoms with E-state index in [0.29, 0.717) is 5.02 Å². The SMILES string of the molecule is Cc1ccc(CN(C(=O)CN(c2ccc(C)c(Cl)c2)S(=O)(=O)c2ccccc2)[C@@H](C)C(=O)NC2CCCCC2)cc1. The third-order valence-corrected chi connectivity index (χ3v) is 9.84. The molecule has 218 valence electrons. The lowest BCUT2D eigenvalue weighted by atomic mass is 9.95. The Kier molecular flexibility index (Phi) is 10.1. The van der Waals surface area contributed by atoms with Gasteiger partial charge in [-0.05, 0) is 69.0 Å². The van der Waals surface area contributed by atoms with Crippen molar-refractivity contribution in [3.05, 3.63) is 94.5 Å². The number of aryl methyl sites for hydroxylation is 2. The maximum atomic E-state index is 14.1. The Hall–Kier alpha value is -3.36. The first kappa shape index (κ1) is 30.6. The van der Waals surface area contributed by atoms with Gasteiger partial charge in [0.1, 0.15) is 12.6 Å². The van der Waals surface area contributed by atoms with Crippen LogP contribution in [0, 0.1) is 13.8 Å². The molecule has 1 saturated carbocycles. The molecule has 0 aliphatic heterocycles. The maximum Gasteiger partial charge on any atom is 0.264 e. The molecule has 0 saturated heterocycles. The second-order valence-electron chi connectivity index (χ2n) is 10.8. The Morgan fingerprint density at radius 2 is 1.61 bits per heavy atom. The summed E-state index contributed by atoms with van der Waals surface area (Å²) < 4.78 is 28.8. The number of rotatable bonds is 10. The van der Waals surface area contributed by atoms with Crippen molar-refractivity contribution in [1.82, 2.24) is 10.2 Å². The number of carbonyl (C=O) groups excluding carboxylic acids is 2. The first-order chi connectivity index (χ1) is 19.6. The summed E-state index contributed by atoms with van der Waals surface area (Å²) in [6.45, 7) is 5.16. The van der Waals surface area contributed by atoms with Gasteiger partial charge in [0.25, 0.3) is 10.0 Å². The van der Waals surface area contributed by atoms with Crippen molar-refractivity contribution >= 4 is 39.1 Å². The highest BCUT2D eigenvalue weighted by Crippen LogP contribution is 2.28. The van der Waals surface area contributed by atoms with Gasteiger partial charge in [-0.1, -0.05) is 85.0 Å². The summed E-state index contributed by atoms with van der Waals surface area (Å²) in [4.78, 5) is 29.0. The minimum Gasteiger partial charge on any atom is -0.352 e. The van der Waals surface area contributed by atoms with E-state index >= 15 is 0 Å². The van der Waals surface area contributed by atoms with Gasteiger partial charge in [-0.25, -0.2) is 8.42 Å². The highest BCUT2D eigenvalue weighted by atomic mass is 35.5. The molecule has 2 amide bonds. The van der Waals surface area contributed by atoms with Crippen molar-refractivity contribution < 1.29 is 18.0 Å². The lowest BCUT2D eigenvalue weighted by Crippen LogP contribution is -2.53. The second-order valence-corrected chi connectivity index (χ2v) is 13.1. The van der Waals surface area contributed by atoms with Crippen molar-refractivity contribution in [1.29, 1.82) is 0 Å². The average molecular weight is 596 g/mol. The number of hydrogen-bond acceptors (Lipinski definition) is 4. The first-order valence-electron chi connectivity index (χ1n) is 14.1. The quantitative estimate of drug-likeness (QED) is 0.311. The molecule has 4 rings (SSSR count). The molecule has 41 heavy (non-hydrogen) atoms. The molecular formula is C32H38ClN3O4S. The molecule has 1 aliphatic carbocycles. The van der Waals surface area contributed by atoms with Crippen molar-refractivity contribution in [2.45, 2.75) is 76.4 Å². The number of nitrogens with zero attached hydrogens (tertiary/aromatic N) is 2. The largest absolute Gasteiger partial charge is 0.352 e. The fourth-order valence-electron chi connectivity index (χ4n) is 5.03. The molecule has 0 heterocycles. The fourth-order valence-corrected chi connectivity index (χ4v) is 6.63. The predicted molar refractivity (Wildman–Crippen MR) is 163 cm³/mol. The van der Waals surface area contributed by atoms with Crippen molar-refractivity contribution in [2.75, 3.05) is 10.8 Å². The summed E-state index contributed by atoms with van der Waals surface area (Å²) in [6.07, 6.45) is 5.13. The summed E-state index contributed by atoms with van der Waals surface area (Å²) in [6, 6.07) is 19.9. The highest BCUT2D eigenvalue weighted by molar-refractivity contribution is 7.92. The Balaban J connectivity index is 1.68. The van der Waals surface area contributed by atoms with Gasteiger partial charge in [-0.2, -0.15) is 0 Å². The molecule has 3 aromatic rings. The molecule has 3 aromatic carbocycles. The Bertz CT molecular complexity index is 1460. The van der Waals surface area contributed by atoms with Crippen LogP contribution in [0.1, 0.15) is 55.7 Å². The third-order valence-electron chi connectivity index (χ3n) is 7.65. The molecular weight excluding hydrogens is 558 g/mol. The molecule has 0 bridgehead atoms. The van der Waals surface area contributed by atoms with Gasteiger partial charge in [-0.3, -0.25) is 13.9 Å². The molecule has 1 atom stereocenters. The lowest BCUT2D eigenvalue weighted by molar-refractivity contribution is -0.139. The number of sulfonamides is 1. The molecule has 0 unspecified atom stereocenters. The van der Waals surface area contributed by atoms with Crippen molar-refractivity contribution in [2.24, 2.45) is 0 Å². The van der Waals surface area contributed by atoms with E-state index < -0.39 is 28.5 Å². The zero-order valence-electron chi connectivity index (χ0n) is 23.8. The van der Waals surface area contributed by atoms with Crippen LogP contribution < -0.4 is 9.62 Å². The van der Waals surface area contributed by atoms with E-state index in [9.17, 15) is 18.0 Å². The fraction of sp³-hybridized carbons (Fsp3) is 0.375. The number of hydrogen-bond donors (Lipinski definition) is 1. The predicted octanol–water partition coefficient (Wildman–Crippen LogP) is 6.02. The summed E-state index contributed by atoms with van der Waals surface area (Å²) >= 11 is 6.39. The number of halogens is 1. The van der Waals surface area contributed by atoms with E-state index in [1.165, 1.54) is 17.0 Å². The van der Waals surface area contributed by atoms with Crippen LogP contribution in [0.15, 0.2) is 77.7 Å². The highest BCUT2D eigenvalue weighted by Gasteiger charge is 2.33. The van der Waals surface area contributed by atoms with Crippen LogP contribution in [-0.4, -0.2) is 43.8 Å². The van der Waals surface area contributed by atoms with Gasteiger partial charge in [-0.15, -0.1) is 0 Å². The first-order valence-corrected chi connectivity index (χ1v) is 15.9. The van der Waals surface area contributed by atoms with E-state index in [2.05, 4.69) is 5.32 Å². The molecule has 1 aliphatic rings. The van der Waals surface area contributed by atoms with Gasteiger partial charge in [0.05, 0.1) is 10.6 Å². The summed E-state index contributed by atoms with van der Waals surface area (Å²) in [5.41, 5.74) is 2.98. The van der Waals surface area contributed by atoms with Crippen LogP contribution in [0.25, 0.3) is 0 Å². The minimum atomic E-state index is -4.13. The van der Waals surface area contributed by atoms with Crippen LogP contribution in [0.3, 0.4) is 0 Å².